The summed E-state index contributed by atoms with van der Waals surface area (Å²) >= 11 is 0. The van der Waals surface area contributed by atoms with E-state index < -0.39 is 0 Å². The largest absolute Gasteiger partial charge is 0.453 e. The van der Waals surface area contributed by atoms with Gasteiger partial charge in [0, 0.05) is 18.8 Å². The minimum Gasteiger partial charge on any atom is -0.453 e. The van der Waals surface area contributed by atoms with Crippen LogP contribution in [0.25, 0.3) is 0 Å². The molecule has 118 valence electrons. The first-order chi connectivity index (χ1) is 10.3. The van der Waals surface area contributed by atoms with Gasteiger partial charge in [-0.1, -0.05) is 18.9 Å². The standard InChI is InChI=1S/C17H19FN2O.ClH/c18-16-10-13(11-20-14-4-1-2-5-14)7-8-17(16)21-15-6-3-9-19-12-15;/h3,6-10,12,14,20H,1-2,4-5,11H2;1H. The lowest BCUT2D eigenvalue weighted by atomic mass is 10.2. The molecule has 2 aromatic rings. The molecule has 1 aromatic heterocycles. The van der Waals surface area contributed by atoms with Crippen molar-refractivity contribution in [3.63, 3.8) is 0 Å². The summed E-state index contributed by atoms with van der Waals surface area (Å²) < 4.78 is 19.5. The molecule has 0 radical (unpaired) electrons. The Morgan fingerprint density at radius 3 is 2.73 bits per heavy atom. The van der Waals surface area contributed by atoms with Crippen LogP contribution in [0.3, 0.4) is 0 Å². The lowest BCUT2D eigenvalue weighted by Crippen LogP contribution is -2.25. The highest BCUT2D eigenvalue weighted by atomic mass is 35.5. The second-order valence-electron chi connectivity index (χ2n) is 5.42. The second-order valence-corrected chi connectivity index (χ2v) is 5.42. The Labute approximate surface area is 136 Å². The lowest BCUT2D eigenvalue weighted by molar-refractivity contribution is 0.439. The summed E-state index contributed by atoms with van der Waals surface area (Å²) in [6.45, 7) is 0.703. The van der Waals surface area contributed by atoms with Crippen LogP contribution in [-0.4, -0.2) is 11.0 Å². The summed E-state index contributed by atoms with van der Waals surface area (Å²) in [6.07, 6.45) is 8.26. The molecule has 1 aliphatic rings. The van der Waals surface area contributed by atoms with Crippen LogP contribution in [0, 0.1) is 5.82 Å². The Hall–Kier alpha value is -1.65. The summed E-state index contributed by atoms with van der Waals surface area (Å²) in [6, 6.07) is 9.20. The van der Waals surface area contributed by atoms with E-state index in [1.807, 2.05) is 6.07 Å². The predicted molar refractivity (Wildman–Crippen MR) is 87.1 cm³/mol. The SMILES string of the molecule is Cl.Fc1cc(CNC2CCCC2)ccc1Oc1cccnc1. The van der Waals surface area contributed by atoms with Gasteiger partial charge in [-0.05, 0) is 42.7 Å². The maximum Gasteiger partial charge on any atom is 0.166 e. The number of aromatic nitrogens is 1. The molecule has 0 aliphatic heterocycles. The minimum atomic E-state index is -0.343. The van der Waals surface area contributed by atoms with Gasteiger partial charge in [0.2, 0.25) is 0 Å². The summed E-state index contributed by atoms with van der Waals surface area (Å²) in [5.41, 5.74) is 0.943. The molecule has 1 aliphatic carbocycles. The van der Waals surface area contributed by atoms with Crippen LogP contribution in [0.4, 0.5) is 4.39 Å². The maximum absolute atomic E-state index is 14.1. The van der Waals surface area contributed by atoms with E-state index in [9.17, 15) is 4.39 Å². The van der Waals surface area contributed by atoms with Crippen LogP contribution in [0.2, 0.25) is 0 Å². The number of halogens is 2. The maximum atomic E-state index is 14.1. The molecule has 22 heavy (non-hydrogen) atoms. The molecule has 1 heterocycles. The van der Waals surface area contributed by atoms with Crippen molar-refractivity contribution in [2.75, 3.05) is 0 Å². The lowest BCUT2D eigenvalue weighted by Gasteiger charge is -2.12. The van der Waals surface area contributed by atoms with Gasteiger partial charge in [-0.25, -0.2) is 4.39 Å². The number of nitrogens with one attached hydrogen (secondary N) is 1. The quantitative estimate of drug-likeness (QED) is 0.882. The molecule has 1 saturated carbocycles. The van der Waals surface area contributed by atoms with Crippen LogP contribution in [0.1, 0.15) is 31.2 Å². The van der Waals surface area contributed by atoms with Crippen molar-refractivity contribution < 1.29 is 9.13 Å². The van der Waals surface area contributed by atoms with Crippen molar-refractivity contribution in [3.8, 4) is 11.5 Å². The van der Waals surface area contributed by atoms with E-state index >= 15 is 0 Å². The average molecular weight is 323 g/mol. The molecule has 5 heteroatoms. The smallest absolute Gasteiger partial charge is 0.166 e. The zero-order valence-electron chi connectivity index (χ0n) is 12.3. The van der Waals surface area contributed by atoms with E-state index in [1.54, 1.807) is 30.6 Å². The Morgan fingerprint density at radius 2 is 2.05 bits per heavy atom. The number of hydrogen-bond acceptors (Lipinski definition) is 3. The van der Waals surface area contributed by atoms with Crippen molar-refractivity contribution in [2.45, 2.75) is 38.3 Å². The third kappa shape index (κ3) is 4.42. The number of rotatable bonds is 5. The van der Waals surface area contributed by atoms with Gasteiger partial charge >= 0.3 is 0 Å². The van der Waals surface area contributed by atoms with Crippen molar-refractivity contribution in [2.24, 2.45) is 0 Å². The first-order valence-electron chi connectivity index (χ1n) is 7.41. The molecule has 0 amide bonds. The zero-order valence-corrected chi connectivity index (χ0v) is 13.1. The molecule has 1 fully saturated rings. The first-order valence-corrected chi connectivity index (χ1v) is 7.41. The van der Waals surface area contributed by atoms with E-state index in [1.165, 1.54) is 31.7 Å². The van der Waals surface area contributed by atoms with Crippen molar-refractivity contribution in [1.82, 2.24) is 10.3 Å². The Kier molecular flexibility index (Phi) is 6.16. The summed E-state index contributed by atoms with van der Waals surface area (Å²) in [7, 11) is 0. The highest BCUT2D eigenvalue weighted by Gasteiger charge is 2.14. The number of nitrogens with zero attached hydrogens (tertiary/aromatic N) is 1. The van der Waals surface area contributed by atoms with E-state index in [-0.39, 0.29) is 24.0 Å². The predicted octanol–water partition coefficient (Wildman–Crippen LogP) is 4.47. The molecule has 3 rings (SSSR count). The van der Waals surface area contributed by atoms with Gasteiger partial charge in [-0.3, -0.25) is 4.98 Å². The molecule has 0 atom stereocenters. The van der Waals surface area contributed by atoms with E-state index in [2.05, 4.69) is 10.3 Å². The average Bonchev–Trinajstić information content (AvgIpc) is 3.02. The highest BCUT2D eigenvalue weighted by Crippen LogP contribution is 2.25. The van der Waals surface area contributed by atoms with E-state index in [4.69, 9.17) is 4.74 Å². The fraction of sp³-hybridized carbons (Fsp3) is 0.353. The Bertz CT molecular complexity index is 588. The van der Waals surface area contributed by atoms with Crippen LogP contribution < -0.4 is 10.1 Å². The highest BCUT2D eigenvalue weighted by molar-refractivity contribution is 5.85. The molecular weight excluding hydrogens is 303 g/mol. The van der Waals surface area contributed by atoms with Gasteiger partial charge in [-0.2, -0.15) is 0 Å². The number of benzene rings is 1. The Balaban J connectivity index is 0.00000176. The summed E-state index contributed by atoms with van der Waals surface area (Å²) in [5, 5.41) is 3.48. The minimum absolute atomic E-state index is 0. The third-order valence-corrected chi connectivity index (χ3v) is 3.81. The van der Waals surface area contributed by atoms with E-state index in [0.717, 1.165) is 5.56 Å². The van der Waals surface area contributed by atoms with Crippen LogP contribution >= 0.6 is 12.4 Å². The first kappa shape index (κ1) is 16.7. The molecular formula is C17H20ClFN2O. The number of pyridine rings is 1. The van der Waals surface area contributed by atoms with Crippen molar-refractivity contribution in [3.05, 3.63) is 54.1 Å². The van der Waals surface area contributed by atoms with Gasteiger partial charge in [0.15, 0.2) is 11.6 Å². The molecule has 0 saturated heterocycles. The zero-order chi connectivity index (χ0) is 14.5. The monoisotopic (exact) mass is 322 g/mol. The van der Waals surface area contributed by atoms with Gasteiger partial charge < -0.3 is 10.1 Å². The van der Waals surface area contributed by atoms with E-state index in [0.29, 0.717) is 18.3 Å². The number of ether oxygens (including phenoxy) is 1. The van der Waals surface area contributed by atoms with Gasteiger partial charge in [-0.15, -0.1) is 12.4 Å². The fourth-order valence-electron chi connectivity index (χ4n) is 2.66. The Morgan fingerprint density at radius 1 is 1.23 bits per heavy atom. The van der Waals surface area contributed by atoms with Crippen LogP contribution in [0.5, 0.6) is 11.5 Å². The molecule has 1 N–H and O–H groups in total. The van der Waals surface area contributed by atoms with Crippen molar-refractivity contribution >= 4 is 12.4 Å². The summed E-state index contributed by atoms with van der Waals surface area (Å²) in [5.74, 6) is 0.422. The fourth-order valence-corrected chi connectivity index (χ4v) is 2.66. The third-order valence-electron chi connectivity index (χ3n) is 3.81. The van der Waals surface area contributed by atoms with Gasteiger partial charge in [0.05, 0.1) is 6.20 Å². The second kappa shape index (κ2) is 8.11. The molecule has 0 unspecified atom stereocenters. The van der Waals surface area contributed by atoms with Crippen molar-refractivity contribution in [1.29, 1.82) is 0 Å². The normalized spacial score (nSPS) is 14.6. The van der Waals surface area contributed by atoms with Crippen LogP contribution in [0.15, 0.2) is 42.7 Å². The topological polar surface area (TPSA) is 34.1 Å². The molecule has 0 bridgehead atoms. The molecule has 1 aromatic carbocycles. The van der Waals surface area contributed by atoms with Crippen LogP contribution in [-0.2, 0) is 6.54 Å². The molecule has 3 nitrogen and oxygen atoms in total. The van der Waals surface area contributed by atoms with Gasteiger partial charge in [0.25, 0.3) is 0 Å². The van der Waals surface area contributed by atoms with Gasteiger partial charge in [0.1, 0.15) is 5.75 Å². The molecule has 0 spiro atoms. The summed E-state index contributed by atoms with van der Waals surface area (Å²) in [4.78, 5) is 3.94. The number of hydrogen-bond donors (Lipinski definition) is 1.